The smallest absolute Gasteiger partial charge is 0.355 e. The molecule has 0 saturated heterocycles. The van der Waals surface area contributed by atoms with Gasteiger partial charge in [-0.2, -0.15) is 0 Å². The summed E-state index contributed by atoms with van der Waals surface area (Å²) in [7, 11) is 2.96. The predicted octanol–water partition coefficient (Wildman–Crippen LogP) is 2.90. The van der Waals surface area contributed by atoms with Gasteiger partial charge in [-0.1, -0.05) is 18.2 Å². The number of nitro groups is 1. The molecule has 0 aliphatic carbocycles. The van der Waals surface area contributed by atoms with E-state index in [9.17, 15) is 14.9 Å². The molecule has 1 aromatic heterocycles. The van der Waals surface area contributed by atoms with Gasteiger partial charge >= 0.3 is 5.69 Å². The number of nitrogens with one attached hydrogen (secondary N) is 3. The summed E-state index contributed by atoms with van der Waals surface area (Å²) in [6.45, 7) is 0. The third-order valence-corrected chi connectivity index (χ3v) is 3.99. The van der Waals surface area contributed by atoms with Crippen LogP contribution in [-0.4, -0.2) is 35.0 Å². The van der Waals surface area contributed by atoms with Crippen molar-refractivity contribution in [2.24, 2.45) is 0 Å². The summed E-state index contributed by atoms with van der Waals surface area (Å²) in [5, 5.41) is 14.6. The van der Waals surface area contributed by atoms with Gasteiger partial charge in [-0.25, -0.2) is 9.97 Å². The van der Waals surface area contributed by atoms with Crippen molar-refractivity contribution in [3.63, 3.8) is 0 Å². The first-order valence-electron chi connectivity index (χ1n) is 8.63. The lowest BCUT2D eigenvalue weighted by Crippen LogP contribution is -2.30. The Balaban J connectivity index is 1.88. The van der Waals surface area contributed by atoms with E-state index >= 15 is 0 Å². The quantitative estimate of drug-likeness (QED) is 0.377. The fourth-order valence-electron chi connectivity index (χ4n) is 2.55. The molecule has 0 bridgehead atoms. The molecule has 3 rings (SSSR count). The topological polar surface area (TPSA) is 141 Å². The van der Waals surface area contributed by atoms with Crippen molar-refractivity contribution in [2.45, 2.75) is 0 Å². The van der Waals surface area contributed by atoms with Crippen molar-refractivity contribution in [2.75, 3.05) is 25.0 Å². The van der Waals surface area contributed by atoms with Crippen LogP contribution in [0.5, 0.6) is 11.5 Å². The van der Waals surface area contributed by atoms with Gasteiger partial charge in [0.2, 0.25) is 11.6 Å². The number of anilines is 3. The van der Waals surface area contributed by atoms with Gasteiger partial charge in [0.15, 0.2) is 0 Å². The maximum absolute atomic E-state index is 12.2. The molecule has 11 heteroatoms. The zero-order valence-corrected chi connectivity index (χ0v) is 16.1. The number of hydrogen-bond acceptors (Lipinski definition) is 9. The van der Waals surface area contributed by atoms with E-state index in [2.05, 4.69) is 26.1 Å². The van der Waals surface area contributed by atoms with Crippen molar-refractivity contribution >= 4 is 28.9 Å². The Hall–Kier alpha value is -4.41. The minimum Gasteiger partial charge on any atom is -0.497 e. The van der Waals surface area contributed by atoms with Crippen LogP contribution < -0.4 is 25.6 Å². The Morgan fingerprint density at radius 1 is 1.03 bits per heavy atom. The number of benzene rings is 2. The molecule has 0 fully saturated rings. The summed E-state index contributed by atoms with van der Waals surface area (Å²) in [6, 6.07) is 13.3. The van der Waals surface area contributed by atoms with Crippen molar-refractivity contribution in [1.82, 2.24) is 15.4 Å². The third-order valence-electron chi connectivity index (χ3n) is 3.99. The molecule has 11 nitrogen and oxygen atoms in total. The second kappa shape index (κ2) is 9.19. The SMILES string of the molecule is COc1ccc(OC)c(Nc2ncnc(NNC(=O)c3ccccc3)c2[N+](=O)[O-])c1. The van der Waals surface area contributed by atoms with E-state index in [0.717, 1.165) is 6.33 Å². The zero-order chi connectivity index (χ0) is 21.5. The number of hydrogen-bond donors (Lipinski definition) is 3. The van der Waals surface area contributed by atoms with E-state index in [1.807, 2.05) is 0 Å². The minimum absolute atomic E-state index is 0.0991. The highest BCUT2D eigenvalue weighted by Crippen LogP contribution is 2.35. The second-order valence-corrected chi connectivity index (χ2v) is 5.81. The zero-order valence-electron chi connectivity index (χ0n) is 16.1. The molecule has 1 heterocycles. The molecule has 3 aromatic rings. The van der Waals surface area contributed by atoms with E-state index in [1.165, 1.54) is 14.2 Å². The maximum atomic E-state index is 12.2. The van der Waals surface area contributed by atoms with Gasteiger partial charge in [0.05, 0.1) is 24.8 Å². The number of carbonyl (C=O) groups excluding carboxylic acids is 1. The molecule has 154 valence electrons. The van der Waals surface area contributed by atoms with E-state index < -0.39 is 16.5 Å². The third kappa shape index (κ3) is 4.52. The first-order chi connectivity index (χ1) is 14.5. The van der Waals surface area contributed by atoms with Gasteiger partial charge < -0.3 is 14.8 Å². The van der Waals surface area contributed by atoms with Crippen molar-refractivity contribution in [3.05, 3.63) is 70.5 Å². The Bertz CT molecular complexity index is 1060. The highest BCUT2D eigenvalue weighted by atomic mass is 16.6. The molecular formula is C19H18N6O5. The highest BCUT2D eigenvalue weighted by molar-refractivity contribution is 5.95. The predicted molar refractivity (Wildman–Crippen MR) is 109 cm³/mol. The summed E-state index contributed by atoms with van der Waals surface area (Å²) in [5.41, 5.74) is 5.18. The average molecular weight is 410 g/mol. The Kier molecular flexibility index (Phi) is 6.23. The number of hydrazine groups is 1. The van der Waals surface area contributed by atoms with Gasteiger partial charge in [-0.05, 0) is 24.3 Å². The number of methoxy groups -OCH3 is 2. The molecule has 30 heavy (non-hydrogen) atoms. The molecule has 0 radical (unpaired) electrons. The van der Waals surface area contributed by atoms with Crippen LogP contribution in [-0.2, 0) is 0 Å². The molecule has 3 N–H and O–H groups in total. The van der Waals surface area contributed by atoms with Crippen LogP contribution in [0.1, 0.15) is 10.4 Å². The molecule has 0 atom stereocenters. The summed E-state index contributed by atoms with van der Waals surface area (Å²) >= 11 is 0. The molecule has 0 aliphatic heterocycles. The number of carbonyl (C=O) groups is 1. The molecule has 2 aromatic carbocycles. The molecular weight excluding hydrogens is 392 g/mol. The maximum Gasteiger partial charge on any atom is 0.355 e. The number of amides is 1. The van der Waals surface area contributed by atoms with Crippen LogP contribution in [0.3, 0.4) is 0 Å². The lowest BCUT2D eigenvalue weighted by molar-refractivity contribution is -0.383. The van der Waals surface area contributed by atoms with Crippen LogP contribution in [0.15, 0.2) is 54.9 Å². The number of ether oxygens (including phenoxy) is 2. The molecule has 1 amide bonds. The fourth-order valence-corrected chi connectivity index (χ4v) is 2.55. The fraction of sp³-hybridized carbons (Fsp3) is 0.105. The first kappa shape index (κ1) is 20.3. The van der Waals surface area contributed by atoms with Crippen LogP contribution in [0.2, 0.25) is 0 Å². The van der Waals surface area contributed by atoms with Crippen LogP contribution >= 0.6 is 0 Å². The standard InChI is InChI=1S/C19H18N6O5/c1-29-13-8-9-15(30-2)14(10-13)22-17-16(25(27)28)18(21-11-20-17)23-24-19(26)12-6-4-3-5-7-12/h3-11H,1-2H3,(H,24,26)(H2,20,21,22,23). The van der Waals surface area contributed by atoms with Gasteiger partial charge in [-0.15, -0.1) is 0 Å². The Morgan fingerprint density at radius 3 is 2.43 bits per heavy atom. The van der Waals surface area contributed by atoms with Gasteiger partial charge in [-0.3, -0.25) is 25.8 Å². The lowest BCUT2D eigenvalue weighted by Gasteiger charge is -2.13. The van der Waals surface area contributed by atoms with Crippen LogP contribution in [0, 0.1) is 10.1 Å². The van der Waals surface area contributed by atoms with E-state index in [0.29, 0.717) is 22.7 Å². The van der Waals surface area contributed by atoms with Gasteiger partial charge in [0.1, 0.15) is 17.8 Å². The normalized spacial score (nSPS) is 10.1. The molecule has 0 saturated carbocycles. The summed E-state index contributed by atoms with van der Waals surface area (Å²) in [5.74, 6) is 0.174. The Morgan fingerprint density at radius 2 is 1.77 bits per heavy atom. The van der Waals surface area contributed by atoms with Gasteiger partial charge in [0, 0.05) is 11.6 Å². The van der Waals surface area contributed by atoms with Crippen LogP contribution in [0.25, 0.3) is 0 Å². The van der Waals surface area contributed by atoms with Crippen molar-refractivity contribution in [3.8, 4) is 11.5 Å². The number of nitrogens with zero attached hydrogens (tertiary/aromatic N) is 3. The molecule has 0 aliphatic rings. The molecule has 0 spiro atoms. The highest BCUT2D eigenvalue weighted by Gasteiger charge is 2.24. The van der Waals surface area contributed by atoms with Gasteiger partial charge in [0.25, 0.3) is 5.91 Å². The minimum atomic E-state index is -0.661. The van der Waals surface area contributed by atoms with Crippen molar-refractivity contribution in [1.29, 1.82) is 0 Å². The van der Waals surface area contributed by atoms with Crippen molar-refractivity contribution < 1.29 is 19.2 Å². The number of rotatable bonds is 8. The summed E-state index contributed by atoms with van der Waals surface area (Å²) < 4.78 is 10.5. The summed E-state index contributed by atoms with van der Waals surface area (Å²) in [4.78, 5) is 31.1. The largest absolute Gasteiger partial charge is 0.497 e. The number of aromatic nitrogens is 2. The molecule has 0 unspecified atom stereocenters. The Labute approximate surface area is 171 Å². The first-order valence-corrected chi connectivity index (χ1v) is 8.63. The van der Waals surface area contributed by atoms with E-state index in [-0.39, 0.29) is 11.6 Å². The van der Waals surface area contributed by atoms with Crippen LogP contribution in [0.4, 0.5) is 23.0 Å². The van der Waals surface area contributed by atoms with E-state index in [4.69, 9.17) is 9.47 Å². The average Bonchev–Trinajstić information content (AvgIpc) is 2.77. The monoisotopic (exact) mass is 410 g/mol. The van der Waals surface area contributed by atoms with E-state index in [1.54, 1.807) is 48.5 Å². The lowest BCUT2D eigenvalue weighted by atomic mass is 10.2. The second-order valence-electron chi connectivity index (χ2n) is 5.81. The summed E-state index contributed by atoms with van der Waals surface area (Å²) in [6.07, 6.45) is 1.12.